The van der Waals surface area contributed by atoms with Crippen LogP contribution in [0.2, 0.25) is 0 Å². The number of carbonyl (C=O) groups is 1. The molecule has 0 aliphatic carbocycles. The second kappa shape index (κ2) is 7.16. The Kier molecular flexibility index (Phi) is 4.68. The number of hydrogen-bond acceptors (Lipinski definition) is 5. The third kappa shape index (κ3) is 2.88. The number of amides is 1. The van der Waals surface area contributed by atoms with Crippen molar-refractivity contribution in [3.8, 4) is 11.5 Å². The summed E-state index contributed by atoms with van der Waals surface area (Å²) in [6.45, 7) is 0. The van der Waals surface area contributed by atoms with Crippen LogP contribution in [-0.2, 0) is 11.8 Å². The molecule has 4 rings (SSSR count). The van der Waals surface area contributed by atoms with Crippen molar-refractivity contribution >= 4 is 28.7 Å². The molecule has 1 aliphatic rings. The van der Waals surface area contributed by atoms with E-state index in [0.29, 0.717) is 17.3 Å². The van der Waals surface area contributed by atoms with Gasteiger partial charge in [0.25, 0.3) is 0 Å². The van der Waals surface area contributed by atoms with Crippen LogP contribution in [0.4, 0.5) is 11.5 Å². The monoisotopic (exact) mass is 396 g/mol. The van der Waals surface area contributed by atoms with E-state index in [9.17, 15) is 9.59 Å². The van der Waals surface area contributed by atoms with Gasteiger partial charge in [-0.3, -0.25) is 19.1 Å². The fraction of sp³-hybridized carbons (Fsp3) is 0.238. The average molecular weight is 396 g/mol. The SMILES string of the molecule is COc1ccc([C@H]2CC(=O)N(c3ccccc3)c3c2sc(=O)n3C)cc1OC. The van der Waals surface area contributed by atoms with Crippen molar-refractivity contribution in [2.24, 2.45) is 7.05 Å². The van der Waals surface area contributed by atoms with Crippen LogP contribution in [-0.4, -0.2) is 24.7 Å². The molecular weight excluding hydrogens is 376 g/mol. The first-order chi connectivity index (χ1) is 13.5. The minimum Gasteiger partial charge on any atom is -0.493 e. The Morgan fingerprint density at radius 1 is 1.00 bits per heavy atom. The highest BCUT2D eigenvalue weighted by Crippen LogP contribution is 2.45. The molecule has 0 saturated heterocycles. The zero-order valence-corrected chi connectivity index (χ0v) is 16.7. The van der Waals surface area contributed by atoms with E-state index in [-0.39, 0.29) is 23.1 Å². The Bertz CT molecular complexity index is 1090. The van der Waals surface area contributed by atoms with E-state index in [1.165, 1.54) is 11.3 Å². The van der Waals surface area contributed by atoms with Crippen LogP contribution in [0.1, 0.15) is 22.8 Å². The lowest BCUT2D eigenvalue weighted by molar-refractivity contribution is -0.118. The van der Waals surface area contributed by atoms with E-state index >= 15 is 0 Å². The lowest BCUT2D eigenvalue weighted by Crippen LogP contribution is -2.34. The Morgan fingerprint density at radius 2 is 1.71 bits per heavy atom. The summed E-state index contributed by atoms with van der Waals surface area (Å²) in [5.41, 5.74) is 1.68. The largest absolute Gasteiger partial charge is 0.493 e. The topological polar surface area (TPSA) is 60.8 Å². The lowest BCUT2D eigenvalue weighted by Gasteiger charge is -2.32. The predicted octanol–water partition coefficient (Wildman–Crippen LogP) is 3.66. The zero-order chi connectivity index (χ0) is 19.8. The maximum Gasteiger partial charge on any atom is 0.308 e. The van der Waals surface area contributed by atoms with E-state index < -0.39 is 0 Å². The molecule has 7 heteroatoms. The van der Waals surface area contributed by atoms with Gasteiger partial charge in [0.05, 0.1) is 24.8 Å². The first-order valence-corrected chi connectivity index (χ1v) is 9.66. The van der Waals surface area contributed by atoms with Gasteiger partial charge in [-0.2, -0.15) is 0 Å². The highest BCUT2D eigenvalue weighted by Gasteiger charge is 2.37. The second-order valence-electron chi connectivity index (χ2n) is 6.55. The summed E-state index contributed by atoms with van der Waals surface area (Å²) in [6.07, 6.45) is 0.275. The van der Waals surface area contributed by atoms with Gasteiger partial charge in [-0.25, -0.2) is 0 Å². The Balaban J connectivity index is 1.87. The number of benzene rings is 2. The molecule has 0 N–H and O–H groups in total. The highest BCUT2D eigenvalue weighted by atomic mass is 32.1. The van der Waals surface area contributed by atoms with Gasteiger partial charge in [-0.15, -0.1) is 0 Å². The number of hydrogen-bond donors (Lipinski definition) is 0. The van der Waals surface area contributed by atoms with Gasteiger partial charge >= 0.3 is 4.87 Å². The smallest absolute Gasteiger partial charge is 0.308 e. The molecule has 0 radical (unpaired) electrons. The molecule has 0 spiro atoms. The van der Waals surface area contributed by atoms with Gasteiger partial charge in [0, 0.05) is 19.4 Å². The summed E-state index contributed by atoms with van der Waals surface area (Å²) in [6, 6.07) is 15.0. The van der Waals surface area contributed by atoms with Crippen molar-refractivity contribution in [3.63, 3.8) is 0 Å². The molecule has 0 unspecified atom stereocenters. The second-order valence-corrected chi connectivity index (χ2v) is 7.54. The zero-order valence-electron chi connectivity index (χ0n) is 15.8. The maximum atomic E-state index is 13.1. The van der Waals surface area contributed by atoms with Crippen molar-refractivity contribution < 1.29 is 14.3 Å². The highest BCUT2D eigenvalue weighted by molar-refractivity contribution is 7.10. The van der Waals surface area contributed by atoms with Crippen LogP contribution < -0.4 is 19.2 Å². The van der Waals surface area contributed by atoms with Gasteiger partial charge in [0.15, 0.2) is 11.5 Å². The Labute approximate surface area is 166 Å². The number of methoxy groups -OCH3 is 2. The molecule has 6 nitrogen and oxygen atoms in total. The van der Waals surface area contributed by atoms with Gasteiger partial charge < -0.3 is 9.47 Å². The summed E-state index contributed by atoms with van der Waals surface area (Å²) in [4.78, 5) is 28.1. The predicted molar refractivity (Wildman–Crippen MR) is 109 cm³/mol. The molecule has 1 aromatic heterocycles. The quantitative estimate of drug-likeness (QED) is 0.675. The van der Waals surface area contributed by atoms with E-state index in [0.717, 1.165) is 16.1 Å². The van der Waals surface area contributed by atoms with Crippen molar-refractivity contribution in [1.29, 1.82) is 0 Å². The van der Waals surface area contributed by atoms with Crippen molar-refractivity contribution in [2.75, 3.05) is 19.1 Å². The van der Waals surface area contributed by atoms with Gasteiger partial charge in [0.2, 0.25) is 5.91 Å². The Morgan fingerprint density at radius 3 is 2.39 bits per heavy atom. The molecule has 1 atom stereocenters. The number of rotatable bonds is 4. The van der Waals surface area contributed by atoms with Gasteiger partial charge in [-0.1, -0.05) is 35.6 Å². The van der Waals surface area contributed by atoms with Crippen LogP contribution in [0.3, 0.4) is 0 Å². The fourth-order valence-corrected chi connectivity index (χ4v) is 4.70. The molecule has 1 amide bonds. The van der Waals surface area contributed by atoms with Crippen molar-refractivity contribution in [1.82, 2.24) is 4.57 Å². The van der Waals surface area contributed by atoms with Crippen LogP contribution in [0, 0.1) is 0 Å². The minimum atomic E-state index is -0.207. The van der Waals surface area contributed by atoms with Crippen LogP contribution in [0.25, 0.3) is 0 Å². The van der Waals surface area contributed by atoms with Crippen molar-refractivity contribution in [2.45, 2.75) is 12.3 Å². The lowest BCUT2D eigenvalue weighted by atomic mass is 9.90. The van der Waals surface area contributed by atoms with Crippen LogP contribution >= 0.6 is 11.3 Å². The number of aromatic nitrogens is 1. The van der Waals surface area contributed by atoms with E-state index in [1.807, 2.05) is 48.5 Å². The number of nitrogens with zero attached hydrogens (tertiary/aromatic N) is 2. The average Bonchev–Trinajstić information content (AvgIpc) is 3.02. The molecule has 2 heterocycles. The van der Waals surface area contributed by atoms with E-state index in [1.54, 1.807) is 30.7 Å². The molecular formula is C21H20N2O4S. The van der Waals surface area contributed by atoms with Gasteiger partial charge in [-0.05, 0) is 29.8 Å². The molecule has 3 aromatic rings. The summed E-state index contributed by atoms with van der Waals surface area (Å²) in [5, 5.41) is 0. The first kappa shape index (κ1) is 18.3. The Hall–Kier alpha value is -3.06. The van der Waals surface area contributed by atoms with Crippen molar-refractivity contribution in [3.05, 3.63) is 68.6 Å². The molecule has 0 bridgehead atoms. The third-order valence-corrected chi connectivity index (χ3v) is 6.13. The first-order valence-electron chi connectivity index (χ1n) is 8.84. The number of carbonyl (C=O) groups excluding carboxylic acids is 1. The molecule has 1 aliphatic heterocycles. The number of thiazole rings is 1. The number of fused-ring (bicyclic) bond motifs is 1. The summed E-state index contributed by atoms with van der Waals surface area (Å²) in [5.74, 6) is 1.61. The van der Waals surface area contributed by atoms with Crippen LogP contribution in [0.5, 0.6) is 11.5 Å². The molecule has 0 fully saturated rings. The normalized spacial score (nSPS) is 16.0. The summed E-state index contributed by atoms with van der Waals surface area (Å²) in [7, 11) is 4.87. The van der Waals surface area contributed by atoms with Crippen LogP contribution in [0.15, 0.2) is 53.3 Å². The molecule has 2 aromatic carbocycles. The number of anilines is 2. The molecule has 0 saturated carbocycles. The number of para-hydroxylation sites is 1. The summed E-state index contributed by atoms with van der Waals surface area (Å²) >= 11 is 1.19. The molecule has 28 heavy (non-hydrogen) atoms. The third-order valence-electron chi connectivity index (χ3n) is 4.99. The van der Waals surface area contributed by atoms with E-state index in [2.05, 4.69) is 0 Å². The number of ether oxygens (including phenoxy) is 2. The fourth-order valence-electron chi connectivity index (χ4n) is 3.61. The minimum absolute atomic E-state index is 0.0492. The molecule has 144 valence electrons. The summed E-state index contributed by atoms with van der Waals surface area (Å²) < 4.78 is 12.3. The maximum absolute atomic E-state index is 13.1. The van der Waals surface area contributed by atoms with Gasteiger partial charge in [0.1, 0.15) is 5.82 Å². The van der Waals surface area contributed by atoms with E-state index in [4.69, 9.17) is 9.47 Å². The standard InChI is InChI=1S/C21H20N2O4S/c1-22-20-19(28-21(22)25)15(13-9-10-16(26-2)17(11-13)27-3)12-18(24)23(20)14-7-5-4-6-8-14/h4-11,15H,12H2,1-3H3/t15-/m1/s1.